The van der Waals surface area contributed by atoms with Crippen molar-refractivity contribution in [2.24, 2.45) is 5.73 Å². The van der Waals surface area contributed by atoms with Crippen molar-refractivity contribution in [3.05, 3.63) is 35.1 Å². The first-order chi connectivity index (χ1) is 6.88. The molecule has 1 aromatic rings. The van der Waals surface area contributed by atoms with Crippen LogP contribution in [0.3, 0.4) is 0 Å². The van der Waals surface area contributed by atoms with E-state index in [9.17, 15) is 4.39 Å². The predicted molar refractivity (Wildman–Crippen MR) is 60.3 cm³/mol. The smallest absolute Gasteiger partial charge is 0.127 e. The molecule has 1 saturated carbocycles. The summed E-state index contributed by atoms with van der Waals surface area (Å²) in [6, 6.07) is 5.22. The Morgan fingerprint density at radius 2 is 1.93 bits per heavy atom. The standard InChI is InChI=1S/C13H18FN/c1-9-5-4-6-10(14)11(9)12(2,3)13(15)7-8-13/h4-6H,7-8,15H2,1-3H3. The van der Waals surface area contributed by atoms with Crippen LogP contribution >= 0.6 is 0 Å². The second-order valence-electron chi connectivity index (χ2n) is 5.21. The Hall–Kier alpha value is -0.890. The molecule has 1 nitrogen and oxygen atoms in total. The summed E-state index contributed by atoms with van der Waals surface area (Å²) >= 11 is 0. The lowest BCUT2D eigenvalue weighted by molar-refractivity contribution is 0.372. The van der Waals surface area contributed by atoms with Gasteiger partial charge in [-0.15, -0.1) is 0 Å². The van der Waals surface area contributed by atoms with Crippen molar-refractivity contribution >= 4 is 0 Å². The second kappa shape index (κ2) is 3.05. The van der Waals surface area contributed by atoms with Gasteiger partial charge in [0.25, 0.3) is 0 Å². The average molecular weight is 207 g/mol. The number of aryl methyl sites for hydroxylation is 1. The summed E-state index contributed by atoms with van der Waals surface area (Å²) in [5.74, 6) is -0.128. The minimum absolute atomic E-state index is 0.128. The van der Waals surface area contributed by atoms with Crippen LogP contribution in [0.1, 0.15) is 37.8 Å². The molecule has 0 radical (unpaired) electrons. The average Bonchev–Trinajstić information content (AvgIpc) is 2.84. The number of nitrogens with two attached hydrogens (primary N) is 1. The lowest BCUT2D eigenvalue weighted by Crippen LogP contribution is -2.44. The molecule has 1 fully saturated rings. The molecule has 0 bridgehead atoms. The quantitative estimate of drug-likeness (QED) is 0.792. The van der Waals surface area contributed by atoms with Crippen LogP contribution in [0.25, 0.3) is 0 Å². The van der Waals surface area contributed by atoms with Gasteiger partial charge in [-0.3, -0.25) is 0 Å². The third-order valence-electron chi connectivity index (χ3n) is 3.88. The molecule has 1 aliphatic carbocycles. The Labute approximate surface area is 90.5 Å². The van der Waals surface area contributed by atoms with E-state index in [0.717, 1.165) is 24.0 Å². The molecule has 15 heavy (non-hydrogen) atoms. The molecule has 0 spiro atoms. The van der Waals surface area contributed by atoms with Gasteiger partial charge in [0, 0.05) is 11.0 Å². The van der Waals surface area contributed by atoms with Crippen molar-refractivity contribution in [2.45, 2.75) is 44.6 Å². The molecule has 0 aliphatic heterocycles. The molecule has 0 amide bonds. The third kappa shape index (κ3) is 1.48. The topological polar surface area (TPSA) is 26.0 Å². The fraction of sp³-hybridized carbons (Fsp3) is 0.538. The van der Waals surface area contributed by atoms with E-state index < -0.39 is 0 Å². The molecule has 2 N–H and O–H groups in total. The number of hydrogen-bond donors (Lipinski definition) is 1. The van der Waals surface area contributed by atoms with E-state index in [1.165, 1.54) is 6.07 Å². The van der Waals surface area contributed by atoms with Crippen LogP contribution in [0.5, 0.6) is 0 Å². The Balaban J connectivity index is 2.53. The van der Waals surface area contributed by atoms with E-state index in [-0.39, 0.29) is 16.8 Å². The van der Waals surface area contributed by atoms with Gasteiger partial charge in [0.15, 0.2) is 0 Å². The SMILES string of the molecule is Cc1cccc(F)c1C(C)(C)C1(N)CC1. The minimum Gasteiger partial charge on any atom is -0.324 e. The fourth-order valence-corrected chi connectivity index (χ4v) is 2.43. The van der Waals surface area contributed by atoms with Gasteiger partial charge in [-0.25, -0.2) is 4.39 Å². The first-order valence-corrected chi connectivity index (χ1v) is 5.43. The van der Waals surface area contributed by atoms with Crippen LogP contribution in [-0.2, 0) is 5.41 Å². The van der Waals surface area contributed by atoms with Crippen molar-refractivity contribution in [2.75, 3.05) is 0 Å². The predicted octanol–water partition coefficient (Wildman–Crippen LogP) is 2.90. The van der Waals surface area contributed by atoms with Crippen molar-refractivity contribution in [1.82, 2.24) is 0 Å². The summed E-state index contributed by atoms with van der Waals surface area (Å²) in [6.45, 7) is 6.04. The Bertz CT molecular complexity index is 371. The summed E-state index contributed by atoms with van der Waals surface area (Å²) in [6.07, 6.45) is 1.99. The van der Waals surface area contributed by atoms with Crippen LogP contribution < -0.4 is 5.73 Å². The largest absolute Gasteiger partial charge is 0.324 e. The Morgan fingerprint density at radius 1 is 1.33 bits per heavy atom. The summed E-state index contributed by atoms with van der Waals surface area (Å²) in [5, 5.41) is 0. The molecular weight excluding hydrogens is 189 g/mol. The lowest BCUT2D eigenvalue weighted by Gasteiger charge is -2.34. The van der Waals surface area contributed by atoms with Crippen LogP contribution in [0.2, 0.25) is 0 Å². The summed E-state index contributed by atoms with van der Waals surface area (Å²) in [4.78, 5) is 0. The van der Waals surface area contributed by atoms with E-state index in [4.69, 9.17) is 5.73 Å². The van der Waals surface area contributed by atoms with Crippen molar-refractivity contribution in [3.8, 4) is 0 Å². The molecule has 1 aromatic carbocycles. The minimum atomic E-state index is -0.275. The van der Waals surface area contributed by atoms with Gasteiger partial charge in [0.05, 0.1) is 0 Å². The molecule has 82 valence electrons. The van der Waals surface area contributed by atoms with Crippen LogP contribution in [-0.4, -0.2) is 5.54 Å². The first-order valence-electron chi connectivity index (χ1n) is 5.43. The van der Waals surface area contributed by atoms with Gasteiger partial charge in [-0.05, 0) is 37.0 Å². The van der Waals surface area contributed by atoms with Gasteiger partial charge < -0.3 is 5.73 Å². The van der Waals surface area contributed by atoms with E-state index in [0.29, 0.717) is 0 Å². The molecule has 0 saturated heterocycles. The highest BCUT2D eigenvalue weighted by atomic mass is 19.1. The maximum absolute atomic E-state index is 13.8. The number of halogens is 1. The van der Waals surface area contributed by atoms with Crippen molar-refractivity contribution in [1.29, 1.82) is 0 Å². The van der Waals surface area contributed by atoms with E-state index >= 15 is 0 Å². The number of hydrogen-bond acceptors (Lipinski definition) is 1. The molecule has 2 heteroatoms. The van der Waals surface area contributed by atoms with E-state index in [2.05, 4.69) is 0 Å². The highest BCUT2D eigenvalue weighted by Gasteiger charge is 2.53. The molecule has 0 aromatic heterocycles. The lowest BCUT2D eigenvalue weighted by atomic mass is 9.74. The molecule has 0 heterocycles. The van der Waals surface area contributed by atoms with Crippen LogP contribution in [0.15, 0.2) is 18.2 Å². The van der Waals surface area contributed by atoms with Crippen molar-refractivity contribution < 1.29 is 4.39 Å². The molecule has 1 aliphatic rings. The van der Waals surface area contributed by atoms with Gasteiger partial charge >= 0.3 is 0 Å². The molecular formula is C13H18FN. The second-order valence-corrected chi connectivity index (χ2v) is 5.21. The maximum Gasteiger partial charge on any atom is 0.127 e. The highest BCUT2D eigenvalue weighted by molar-refractivity contribution is 5.39. The summed E-state index contributed by atoms with van der Waals surface area (Å²) < 4.78 is 13.8. The number of rotatable bonds is 2. The highest BCUT2D eigenvalue weighted by Crippen LogP contribution is 2.50. The molecule has 0 unspecified atom stereocenters. The number of benzene rings is 1. The zero-order chi connectivity index (χ0) is 11.3. The van der Waals surface area contributed by atoms with Gasteiger partial charge in [-0.1, -0.05) is 26.0 Å². The van der Waals surface area contributed by atoms with E-state index in [1.54, 1.807) is 6.07 Å². The Morgan fingerprint density at radius 3 is 2.40 bits per heavy atom. The normalized spacial score (nSPS) is 19.0. The van der Waals surface area contributed by atoms with Gasteiger partial charge in [0.2, 0.25) is 0 Å². The monoisotopic (exact) mass is 207 g/mol. The van der Waals surface area contributed by atoms with Gasteiger partial charge in [0.1, 0.15) is 5.82 Å². The zero-order valence-electron chi connectivity index (χ0n) is 9.60. The molecule has 2 rings (SSSR count). The Kier molecular flexibility index (Phi) is 2.16. The van der Waals surface area contributed by atoms with Crippen LogP contribution in [0.4, 0.5) is 4.39 Å². The third-order valence-corrected chi connectivity index (χ3v) is 3.88. The maximum atomic E-state index is 13.8. The van der Waals surface area contributed by atoms with E-state index in [1.807, 2.05) is 26.8 Å². The first kappa shape index (κ1) is 10.6. The molecule has 0 atom stereocenters. The zero-order valence-corrected chi connectivity index (χ0v) is 9.60. The van der Waals surface area contributed by atoms with Crippen molar-refractivity contribution in [3.63, 3.8) is 0 Å². The van der Waals surface area contributed by atoms with Crippen LogP contribution in [0, 0.1) is 12.7 Å². The summed E-state index contributed by atoms with van der Waals surface area (Å²) in [5.41, 5.74) is 7.52. The summed E-state index contributed by atoms with van der Waals surface area (Å²) in [7, 11) is 0. The fourth-order valence-electron chi connectivity index (χ4n) is 2.43. The van der Waals surface area contributed by atoms with Gasteiger partial charge in [-0.2, -0.15) is 0 Å².